The maximum Gasteiger partial charge on any atom is 0.131 e. The second-order valence-electron chi connectivity index (χ2n) is 3.59. The minimum absolute atomic E-state index is 0.327. The highest BCUT2D eigenvalue weighted by Gasteiger charge is 2.25. The molecule has 0 unspecified atom stereocenters. The van der Waals surface area contributed by atoms with Crippen LogP contribution < -0.4 is 4.74 Å². The van der Waals surface area contributed by atoms with E-state index >= 15 is 0 Å². The molecular formula is C12H13FO. The largest absolute Gasteiger partial charge is 0.496 e. The zero-order valence-electron chi connectivity index (χ0n) is 8.60. The Labute approximate surface area is 83.9 Å². The predicted molar refractivity (Wildman–Crippen MR) is 54.8 cm³/mol. The predicted octanol–water partition coefficient (Wildman–Crippen LogP) is 2.75. The lowest BCUT2D eigenvalue weighted by atomic mass is 9.84. The van der Waals surface area contributed by atoms with Crippen LogP contribution in [0.4, 0.5) is 4.39 Å². The first-order valence-corrected chi connectivity index (χ1v) is 4.33. The molecule has 0 heterocycles. The summed E-state index contributed by atoms with van der Waals surface area (Å²) in [6, 6.07) is 4.69. The topological polar surface area (TPSA) is 9.23 Å². The second-order valence-corrected chi connectivity index (χ2v) is 3.59. The van der Waals surface area contributed by atoms with Crippen LogP contribution in [-0.4, -0.2) is 7.11 Å². The molecular weight excluding hydrogens is 179 g/mol. The molecule has 0 aliphatic heterocycles. The number of terminal acetylenes is 1. The zero-order valence-corrected chi connectivity index (χ0v) is 8.60. The first-order valence-electron chi connectivity index (χ1n) is 4.33. The number of halogens is 1. The van der Waals surface area contributed by atoms with Gasteiger partial charge in [-0.25, -0.2) is 4.39 Å². The van der Waals surface area contributed by atoms with Crippen LogP contribution in [0.3, 0.4) is 0 Å². The molecule has 1 rings (SSSR count). The number of benzene rings is 1. The van der Waals surface area contributed by atoms with Crippen molar-refractivity contribution in [2.75, 3.05) is 7.11 Å². The van der Waals surface area contributed by atoms with Gasteiger partial charge in [-0.2, -0.15) is 0 Å². The number of hydrogen-bond donors (Lipinski definition) is 0. The lowest BCUT2D eigenvalue weighted by Crippen LogP contribution is -2.17. The Morgan fingerprint density at radius 2 is 2.07 bits per heavy atom. The highest BCUT2D eigenvalue weighted by Crippen LogP contribution is 2.33. The average molecular weight is 192 g/mol. The van der Waals surface area contributed by atoms with Crippen molar-refractivity contribution in [1.29, 1.82) is 0 Å². The van der Waals surface area contributed by atoms with Gasteiger partial charge in [-0.3, -0.25) is 0 Å². The van der Waals surface area contributed by atoms with Gasteiger partial charge in [0.2, 0.25) is 0 Å². The molecule has 0 aliphatic rings. The van der Waals surface area contributed by atoms with Crippen molar-refractivity contribution >= 4 is 0 Å². The summed E-state index contributed by atoms with van der Waals surface area (Å²) in [5, 5.41) is 0. The highest BCUT2D eigenvalue weighted by atomic mass is 19.1. The summed E-state index contributed by atoms with van der Waals surface area (Å²) in [6.45, 7) is 3.57. The molecule has 2 heteroatoms. The van der Waals surface area contributed by atoms with Crippen LogP contribution in [0.5, 0.6) is 5.75 Å². The zero-order chi connectivity index (χ0) is 10.8. The van der Waals surface area contributed by atoms with Crippen LogP contribution in [0.2, 0.25) is 0 Å². The molecule has 74 valence electrons. The molecule has 0 saturated heterocycles. The summed E-state index contributed by atoms with van der Waals surface area (Å²) >= 11 is 0. The lowest BCUT2D eigenvalue weighted by Gasteiger charge is -2.21. The van der Waals surface area contributed by atoms with E-state index < -0.39 is 5.41 Å². The Morgan fingerprint density at radius 3 is 2.57 bits per heavy atom. The first kappa shape index (κ1) is 10.6. The number of methoxy groups -OCH3 is 1. The van der Waals surface area contributed by atoms with Gasteiger partial charge in [0, 0.05) is 5.56 Å². The van der Waals surface area contributed by atoms with Gasteiger partial charge < -0.3 is 4.74 Å². The van der Waals surface area contributed by atoms with Crippen molar-refractivity contribution in [3.8, 4) is 18.1 Å². The van der Waals surface area contributed by atoms with Crippen LogP contribution in [0.15, 0.2) is 18.2 Å². The molecule has 1 aromatic carbocycles. The molecule has 14 heavy (non-hydrogen) atoms. The third kappa shape index (κ3) is 1.72. The van der Waals surface area contributed by atoms with E-state index in [0.717, 1.165) is 0 Å². The first-order chi connectivity index (χ1) is 6.53. The number of hydrogen-bond acceptors (Lipinski definition) is 1. The van der Waals surface area contributed by atoms with Crippen LogP contribution in [0, 0.1) is 18.2 Å². The molecule has 0 N–H and O–H groups in total. The van der Waals surface area contributed by atoms with Crippen molar-refractivity contribution in [2.24, 2.45) is 0 Å². The minimum atomic E-state index is -0.656. The van der Waals surface area contributed by atoms with Gasteiger partial charge in [-0.05, 0) is 26.0 Å². The summed E-state index contributed by atoms with van der Waals surface area (Å²) in [7, 11) is 1.50. The van der Waals surface area contributed by atoms with Crippen molar-refractivity contribution in [2.45, 2.75) is 19.3 Å². The highest BCUT2D eigenvalue weighted by molar-refractivity contribution is 5.44. The molecule has 1 aromatic rings. The molecule has 0 spiro atoms. The van der Waals surface area contributed by atoms with E-state index in [9.17, 15) is 4.39 Å². The SMILES string of the molecule is C#CC(C)(C)c1c(F)cccc1OC. The monoisotopic (exact) mass is 192 g/mol. The van der Waals surface area contributed by atoms with Crippen LogP contribution >= 0.6 is 0 Å². The Morgan fingerprint density at radius 1 is 1.43 bits per heavy atom. The van der Waals surface area contributed by atoms with Crippen molar-refractivity contribution in [3.05, 3.63) is 29.6 Å². The van der Waals surface area contributed by atoms with Gasteiger partial charge in [0.15, 0.2) is 0 Å². The van der Waals surface area contributed by atoms with Crippen molar-refractivity contribution in [3.63, 3.8) is 0 Å². The Balaban J connectivity index is 3.40. The quantitative estimate of drug-likeness (QED) is 0.655. The van der Waals surface area contributed by atoms with Gasteiger partial charge in [0.05, 0.1) is 12.5 Å². The second kappa shape index (κ2) is 3.71. The molecule has 0 bridgehead atoms. The smallest absolute Gasteiger partial charge is 0.131 e. The van der Waals surface area contributed by atoms with E-state index in [1.807, 2.05) is 0 Å². The summed E-state index contributed by atoms with van der Waals surface area (Å²) in [5.74, 6) is 2.72. The fourth-order valence-corrected chi connectivity index (χ4v) is 1.35. The van der Waals surface area contributed by atoms with Gasteiger partial charge >= 0.3 is 0 Å². The van der Waals surface area contributed by atoms with Crippen molar-refractivity contribution < 1.29 is 9.13 Å². The molecule has 1 nitrogen and oxygen atoms in total. The van der Waals surface area contributed by atoms with Gasteiger partial charge in [-0.15, -0.1) is 6.42 Å². The normalized spacial score (nSPS) is 10.8. The van der Waals surface area contributed by atoms with Crippen LogP contribution in [-0.2, 0) is 5.41 Å². The number of rotatable bonds is 2. The lowest BCUT2D eigenvalue weighted by molar-refractivity contribution is 0.395. The van der Waals surface area contributed by atoms with E-state index in [4.69, 9.17) is 11.2 Å². The van der Waals surface area contributed by atoms with Crippen LogP contribution in [0.25, 0.3) is 0 Å². The Hall–Kier alpha value is -1.49. The Kier molecular flexibility index (Phi) is 2.81. The molecule has 0 radical (unpaired) electrons. The van der Waals surface area contributed by atoms with Gasteiger partial charge in [-0.1, -0.05) is 12.0 Å². The fraction of sp³-hybridized carbons (Fsp3) is 0.333. The van der Waals surface area contributed by atoms with Gasteiger partial charge in [0.25, 0.3) is 0 Å². The summed E-state index contributed by atoms with van der Waals surface area (Å²) in [4.78, 5) is 0. The fourth-order valence-electron chi connectivity index (χ4n) is 1.35. The number of ether oxygens (including phenoxy) is 1. The van der Waals surface area contributed by atoms with Crippen molar-refractivity contribution in [1.82, 2.24) is 0 Å². The molecule has 0 amide bonds. The Bertz CT molecular complexity index is 374. The molecule has 0 aliphatic carbocycles. The minimum Gasteiger partial charge on any atom is -0.496 e. The molecule has 0 aromatic heterocycles. The van der Waals surface area contributed by atoms with E-state index in [2.05, 4.69) is 5.92 Å². The molecule has 0 saturated carbocycles. The van der Waals surface area contributed by atoms with E-state index in [0.29, 0.717) is 11.3 Å². The van der Waals surface area contributed by atoms with Crippen LogP contribution in [0.1, 0.15) is 19.4 Å². The standard InChI is InChI=1S/C12H13FO/c1-5-12(2,3)11-9(13)7-6-8-10(11)14-4/h1,6-8H,2-4H3. The summed E-state index contributed by atoms with van der Waals surface area (Å²) in [6.07, 6.45) is 5.36. The maximum absolute atomic E-state index is 13.5. The van der Waals surface area contributed by atoms with E-state index in [1.54, 1.807) is 26.0 Å². The molecule has 0 fully saturated rings. The third-order valence-corrected chi connectivity index (χ3v) is 2.18. The van der Waals surface area contributed by atoms with E-state index in [1.165, 1.54) is 13.2 Å². The third-order valence-electron chi connectivity index (χ3n) is 2.18. The maximum atomic E-state index is 13.5. The summed E-state index contributed by atoms with van der Waals surface area (Å²) in [5.41, 5.74) is -0.221. The van der Waals surface area contributed by atoms with E-state index in [-0.39, 0.29) is 5.82 Å². The molecule has 0 atom stereocenters. The average Bonchev–Trinajstić information content (AvgIpc) is 2.17. The summed E-state index contributed by atoms with van der Waals surface area (Å²) < 4.78 is 18.6. The van der Waals surface area contributed by atoms with Gasteiger partial charge in [0.1, 0.15) is 11.6 Å².